The summed E-state index contributed by atoms with van der Waals surface area (Å²) in [7, 11) is 0. The van der Waals surface area contributed by atoms with E-state index in [9.17, 15) is 19.8 Å². The zero-order chi connectivity index (χ0) is 20.9. The first-order valence-electron chi connectivity index (χ1n) is 9.37. The van der Waals surface area contributed by atoms with Crippen molar-refractivity contribution in [2.45, 2.75) is 26.8 Å². The van der Waals surface area contributed by atoms with Crippen molar-refractivity contribution in [1.29, 1.82) is 0 Å². The first-order chi connectivity index (χ1) is 13.7. The molecule has 0 saturated heterocycles. The van der Waals surface area contributed by atoms with Gasteiger partial charge in [0, 0.05) is 28.1 Å². The van der Waals surface area contributed by atoms with Crippen molar-refractivity contribution in [3.05, 3.63) is 71.6 Å². The summed E-state index contributed by atoms with van der Waals surface area (Å²) in [5.41, 5.74) is 0.990. The molecule has 6 nitrogen and oxygen atoms in total. The van der Waals surface area contributed by atoms with Gasteiger partial charge in [0.05, 0.1) is 17.3 Å². The molecule has 0 fully saturated rings. The second-order valence-corrected chi connectivity index (χ2v) is 8.20. The summed E-state index contributed by atoms with van der Waals surface area (Å²) in [5, 5.41) is 22.0. The van der Waals surface area contributed by atoms with Crippen molar-refractivity contribution in [2.24, 2.45) is 5.41 Å². The lowest BCUT2D eigenvalue weighted by Crippen LogP contribution is -2.32. The Morgan fingerprint density at radius 3 is 2.38 bits per heavy atom. The maximum absolute atomic E-state index is 13.3. The predicted octanol–water partition coefficient (Wildman–Crippen LogP) is 4.39. The molecule has 3 N–H and O–H groups in total. The lowest BCUT2D eigenvalue weighted by atomic mass is 9.82. The minimum Gasteiger partial charge on any atom is -0.506 e. The van der Waals surface area contributed by atoms with Crippen LogP contribution >= 0.6 is 0 Å². The van der Waals surface area contributed by atoms with E-state index in [1.807, 2.05) is 24.3 Å². The van der Waals surface area contributed by atoms with Gasteiger partial charge in [-0.1, -0.05) is 51.1 Å². The Morgan fingerprint density at radius 1 is 1.03 bits per heavy atom. The van der Waals surface area contributed by atoms with Crippen LogP contribution in [-0.2, 0) is 9.59 Å². The summed E-state index contributed by atoms with van der Waals surface area (Å²) in [6, 6.07) is 13.1. The van der Waals surface area contributed by atoms with Crippen molar-refractivity contribution in [3.8, 4) is 5.75 Å². The lowest BCUT2D eigenvalue weighted by Gasteiger charge is -2.28. The highest BCUT2D eigenvalue weighted by Crippen LogP contribution is 2.47. The number of ketones is 1. The number of hydrogen-bond acceptors (Lipinski definition) is 4. The maximum Gasteiger partial charge on any atom is 0.294 e. The van der Waals surface area contributed by atoms with E-state index in [1.54, 1.807) is 45.2 Å². The molecule has 0 saturated carbocycles. The average molecular weight is 390 g/mol. The number of para-hydroxylation sites is 3. The van der Waals surface area contributed by atoms with Crippen molar-refractivity contribution < 1.29 is 19.8 Å². The summed E-state index contributed by atoms with van der Waals surface area (Å²) >= 11 is 0. The number of phenols is 1. The number of amides is 1. The van der Waals surface area contributed by atoms with E-state index in [-0.39, 0.29) is 22.8 Å². The summed E-state index contributed by atoms with van der Waals surface area (Å²) < 4.78 is 0. The van der Waals surface area contributed by atoms with Gasteiger partial charge in [0.15, 0.2) is 11.5 Å². The summed E-state index contributed by atoms with van der Waals surface area (Å²) in [6.45, 7) is 5.24. The fourth-order valence-corrected chi connectivity index (χ4v) is 3.77. The molecule has 1 amide bonds. The van der Waals surface area contributed by atoms with E-state index < -0.39 is 23.1 Å². The number of carbonyl (C=O) groups is 2. The topological polar surface area (TPSA) is 93.6 Å². The van der Waals surface area contributed by atoms with Crippen LogP contribution in [0.4, 0.5) is 5.69 Å². The third-order valence-electron chi connectivity index (χ3n) is 5.19. The molecule has 3 aromatic rings. The highest BCUT2D eigenvalue weighted by molar-refractivity contribution is 6.18. The van der Waals surface area contributed by atoms with Gasteiger partial charge in [0.25, 0.3) is 5.91 Å². The largest absolute Gasteiger partial charge is 0.506 e. The van der Waals surface area contributed by atoms with Crippen molar-refractivity contribution >= 4 is 28.3 Å². The number of fused-ring (bicyclic) bond motifs is 1. The monoisotopic (exact) mass is 390 g/mol. The van der Waals surface area contributed by atoms with Crippen molar-refractivity contribution in [2.75, 3.05) is 4.90 Å². The van der Waals surface area contributed by atoms with Crippen LogP contribution in [0.3, 0.4) is 0 Å². The normalized spacial score (nSPS) is 17.4. The number of phenolic OH excluding ortho intramolecular Hbond substituents is 1. The number of aromatic hydroxyl groups is 1. The Morgan fingerprint density at radius 2 is 1.69 bits per heavy atom. The van der Waals surface area contributed by atoms with Crippen LogP contribution in [0.15, 0.2) is 66.1 Å². The Balaban J connectivity index is 1.99. The molecule has 6 heteroatoms. The zero-order valence-electron chi connectivity index (χ0n) is 16.4. The highest BCUT2D eigenvalue weighted by atomic mass is 16.3. The van der Waals surface area contributed by atoms with Crippen molar-refractivity contribution in [1.82, 2.24) is 4.98 Å². The molecule has 4 rings (SSSR count). The number of rotatable bonds is 3. The molecule has 0 aliphatic carbocycles. The first-order valence-corrected chi connectivity index (χ1v) is 9.37. The zero-order valence-corrected chi connectivity index (χ0v) is 16.4. The molecule has 1 unspecified atom stereocenters. The van der Waals surface area contributed by atoms with E-state index in [4.69, 9.17) is 0 Å². The van der Waals surface area contributed by atoms with E-state index in [1.165, 1.54) is 11.0 Å². The van der Waals surface area contributed by atoms with Gasteiger partial charge >= 0.3 is 0 Å². The lowest BCUT2D eigenvalue weighted by molar-refractivity contribution is -0.123. The molecule has 1 atom stereocenters. The van der Waals surface area contributed by atoms with Gasteiger partial charge in [0.2, 0.25) is 0 Å². The van der Waals surface area contributed by atoms with Crippen LogP contribution in [0.1, 0.15) is 32.4 Å². The molecular weight excluding hydrogens is 368 g/mol. The summed E-state index contributed by atoms with van der Waals surface area (Å²) in [6.07, 6.45) is 1.74. The molecule has 0 spiro atoms. The molecule has 1 aromatic heterocycles. The summed E-state index contributed by atoms with van der Waals surface area (Å²) in [5.74, 6) is -1.72. The molecule has 148 valence electrons. The minimum atomic E-state index is -0.862. The summed E-state index contributed by atoms with van der Waals surface area (Å²) in [4.78, 5) is 30.8. The number of Topliss-reactive ketones (excluding diaryl/α,β-unsaturated/α-hetero) is 1. The average Bonchev–Trinajstić information content (AvgIpc) is 3.20. The number of H-pyrrole nitrogens is 1. The molecule has 0 bridgehead atoms. The Kier molecular flexibility index (Phi) is 4.22. The number of benzene rings is 2. The molecule has 0 radical (unpaired) electrons. The fraction of sp³-hybridized carbons (Fsp3) is 0.217. The van der Waals surface area contributed by atoms with Gasteiger partial charge < -0.3 is 15.2 Å². The maximum atomic E-state index is 13.3. The number of carbonyl (C=O) groups excluding carboxylic acids is 2. The van der Waals surface area contributed by atoms with Crippen LogP contribution in [0.5, 0.6) is 5.75 Å². The molecule has 1 aliphatic rings. The number of aliphatic hydroxyl groups excluding tert-OH is 1. The number of hydrogen-bond donors (Lipinski definition) is 3. The van der Waals surface area contributed by atoms with Crippen LogP contribution in [0, 0.1) is 5.41 Å². The predicted molar refractivity (Wildman–Crippen MR) is 111 cm³/mol. The second kappa shape index (κ2) is 6.51. The third kappa shape index (κ3) is 2.88. The van der Waals surface area contributed by atoms with Gasteiger partial charge in [-0.05, 0) is 18.2 Å². The standard InChI is InChI=1S/C23H22N2O4/c1-23(2,3)21(28)18-19(14-12-24-15-9-5-4-8-13(14)15)25(22(29)20(18)27)16-10-6-7-11-17(16)26/h4-12,19,24,26-27H,1-3H3. The Labute approximate surface area is 168 Å². The van der Waals surface area contributed by atoms with Gasteiger partial charge in [-0.2, -0.15) is 0 Å². The van der Waals surface area contributed by atoms with Gasteiger partial charge in [-0.25, -0.2) is 0 Å². The Hall–Kier alpha value is -3.54. The third-order valence-corrected chi connectivity index (χ3v) is 5.19. The first kappa shape index (κ1) is 18.8. The number of anilines is 1. The number of aromatic nitrogens is 1. The van der Waals surface area contributed by atoms with Gasteiger partial charge in [0.1, 0.15) is 5.75 Å². The van der Waals surface area contributed by atoms with Gasteiger partial charge in [-0.3, -0.25) is 14.5 Å². The number of aliphatic hydroxyl groups is 1. The molecule has 2 aromatic carbocycles. The quantitative estimate of drug-likeness (QED) is 0.618. The molecule has 1 aliphatic heterocycles. The smallest absolute Gasteiger partial charge is 0.294 e. The number of nitrogens with one attached hydrogen (secondary N) is 1. The van der Waals surface area contributed by atoms with E-state index in [0.717, 1.165) is 10.9 Å². The fourth-order valence-electron chi connectivity index (χ4n) is 3.77. The minimum absolute atomic E-state index is 0.0375. The van der Waals surface area contributed by atoms with Crippen LogP contribution in [0.2, 0.25) is 0 Å². The van der Waals surface area contributed by atoms with Crippen LogP contribution in [-0.4, -0.2) is 26.9 Å². The van der Waals surface area contributed by atoms with Crippen LogP contribution < -0.4 is 4.90 Å². The SMILES string of the molecule is CC(C)(C)C(=O)C1=C(O)C(=O)N(c2ccccc2O)C1c1c[nH]c2ccccc12. The number of nitrogens with zero attached hydrogens (tertiary/aromatic N) is 1. The van der Waals surface area contributed by atoms with Crippen LogP contribution in [0.25, 0.3) is 10.9 Å². The molecular formula is C23H22N2O4. The second-order valence-electron chi connectivity index (χ2n) is 8.20. The van der Waals surface area contributed by atoms with E-state index in [0.29, 0.717) is 5.56 Å². The van der Waals surface area contributed by atoms with E-state index in [2.05, 4.69) is 4.98 Å². The molecule has 29 heavy (non-hydrogen) atoms. The number of aromatic amines is 1. The van der Waals surface area contributed by atoms with E-state index >= 15 is 0 Å². The highest BCUT2D eigenvalue weighted by Gasteiger charge is 2.47. The Bertz CT molecular complexity index is 1170. The van der Waals surface area contributed by atoms with Crippen molar-refractivity contribution in [3.63, 3.8) is 0 Å². The molecule has 2 heterocycles. The van der Waals surface area contributed by atoms with Gasteiger partial charge in [-0.15, -0.1) is 0 Å².